The van der Waals surface area contributed by atoms with E-state index >= 15 is 0 Å². The Morgan fingerprint density at radius 3 is 2.62 bits per heavy atom. The highest BCUT2D eigenvalue weighted by molar-refractivity contribution is 9.10. The second kappa shape index (κ2) is 6.59. The first-order valence-electron chi connectivity index (χ1n) is 5.73. The highest BCUT2D eigenvalue weighted by Gasteiger charge is 2.15. The zero-order valence-corrected chi connectivity index (χ0v) is 14.5. The summed E-state index contributed by atoms with van der Waals surface area (Å²) in [7, 11) is -0.706. The quantitative estimate of drug-likeness (QED) is 0.735. The van der Waals surface area contributed by atoms with Gasteiger partial charge in [0.05, 0.1) is 20.4 Å². The van der Waals surface area contributed by atoms with Crippen LogP contribution in [0.5, 0.6) is 11.5 Å². The van der Waals surface area contributed by atoms with Gasteiger partial charge in [-0.05, 0) is 23.6 Å². The molecule has 112 valence electrons. The molecule has 8 heteroatoms. The summed E-state index contributed by atoms with van der Waals surface area (Å²) in [6, 6.07) is 6.60. The van der Waals surface area contributed by atoms with E-state index in [1.165, 1.54) is 26.5 Å². The van der Waals surface area contributed by atoms with Crippen LogP contribution in [0.25, 0.3) is 0 Å². The summed E-state index contributed by atoms with van der Waals surface area (Å²) in [6.07, 6.45) is 1.25. The molecule has 0 unspecified atom stereocenters. The molecule has 0 aliphatic heterocycles. The van der Waals surface area contributed by atoms with Crippen LogP contribution in [0.15, 0.2) is 42.7 Å². The topological polar surface area (TPSA) is 65.0 Å². The molecule has 0 N–H and O–H groups in total. The van der Waals surface area contributed by atoms with Crippen LogP contribution in [0.1, 0.15) is 5.56 Å². The van der Waals surface area contributed by atoms with Gasteiger partial charge in [-0.2, -0.15) is 12.8 Å². The Bertz CT molecular complexity index is 755. The molecule has 0 fully saturated rings. The van der Waals surface area contributed by atoms with Crippen molar-refractivity contribution in [3.8, 4) is 11.5 Å². The van der Waals surface area contributed by atoms with Crippen molar-refractivity contribution in [2.24, 2.45) is 4.40 Å². The van der Waals surface area contributed by atoms with Crippen molar-refractivity contribution in [3.63, 3.8) is 0 Å². The second-order valence-corrected chi connectivity index (χ2v) is 7.59. The first kappa shape index (κ1) is 16.0. The van der Waals surface area contributed by atoms with E-state index in [0.717, 1.165) is 15.8 Å². The first-order chi connectivity index (χ1) is 9.97. The molecule has 0 aliphatic carbocycles. The number of nitrogens with zero attached hydrogens (tertiary/aromatic N) is 1. The average Bonchev–Trinajstić information content (AvgIpc) is 2.99. The lowest BCUT2D eigenvalue weighted by atomic mass is 10.2. The van der Waals surface area contributed by atoms with Gasteiger partial charge < -0.3 is 9.47 Å². The van der Waals surface area contributed by atoms with E-state index in [4.69, 9.17) is 9.47 Å². The van der Waals surface area contributed by atoms with E-state index in [0.29, 0.717) is 17.1 Å². The van der Waals surface area contributed by atoms with Crippen molar-refractivity contribution >= 4 is 43.5 Å². The maximum absolute atomic E-state index is 12.0. The summed E-state index contributed by atoms with van der Waals surface area (Å²) < 4.78 is 39.1. The molecular weight excluding hydrogens is 378 g/mol. The fourth-order valence-electron chi connectivity index (χ4n) is 1.64. The normalized spacial score (nSPS) is 11.8. The maximum Gasteiger partial charge on any atom is 0.291 e. The molecule has 1 aromatic carbocycles. The molecular formula is C13H12BrNO4S2. The summed E-state index contributed by atoms with van der Waals surface area (Å²) in [6.45, 7) is 0. The molecule has 0 atom stereocenters. The number of hydrogen-bond donors (Lipinski definition) is 0. The highest BCUT2D eigenvalue weighted by atomic mass is 79.9. The van der Waals surface area contributed by atoms with Crippen LogP contribution < -0.4 is 9.47 Å². The van der Waals surface area contributed by atoms with E-state index < -0.39 is 10.0 Å². The third-order valence-corrected chi connectivity index (χ3v) is 5.62. The molecule has 0 bridgehead atoms. The van der Waals surface area contributed by atoms with Gasteiger partial charge in [-0.25, -0.2) is 0 Å². The number of rotatable bonds is 5. The van der Waals surface area contributed by atoms with Crippen LogP contribution >= 0.6 is 27.3 Å². The Labute approximate surface area is 135 Å². The fourth-order valence-corrected chi connectivity index (χ4v) is 3.94. The predicted octanol–water partition coefficient (Wildman–Crippen LogP) is 3.34. The van der Waals surface area contributed by atoms with Gasteiger partial charge in [-0.1, -0.05) is 22.0 Å². The second-order valence-electron chi connectivity index (χ2n) is 3.87. The van der Waals surface area contributed by atoms with Crippen LogP contribution in [0.2, 0.25) is 0 Å². The zero-order chi connectivity index (χ0) is 15.5. The Hall–Kier alpha value is -1.38. The van der Waals surface area contributed by atoms with Crippen molar-refractivity contribution in [1.29, 1.82) is 0 Å². The Morgan fingerprint density at radius 2 is 2.05 bits per heavy atom. The van der Waals surface area contributed by atoms with Crippen molar-refractivity contribution < 1.29 is 17.9 Å². The Morgan fingerprint density at radius 1 is 1.29 bits per heavy atom. The molecule has 2 rings (SSSR count). The van der Waals surface area contributed by atoms with Gasteiger partial charge >= 0.3 is 0 Å². The zero-order valence-electron chi connectivity index (χ0n) is 11.2. The van der Waals surface area contributed by atoms with E-state index in [2.05, 4.69) is 20.3 Å². The van der Waals surface area contributed by atoms with E-state index in [9.17, 15) is 8.42 Å². The van der Waals surface area contributed by atoms with Crippen LogP contribution in [0.3, 0.4) is 0 Å². The number of benzene rings is 1. The fraction of sp³-hybridized carbons (Fsp3) is 0.154. The van der Waals surface area contributed by atoms with Gasteiger partial charge in [0.15, 0.2) is 11.5 Å². The minimum absolute atomic E-state index is 0.194. The Balaban J connectivity index is 2.44. The number of ether oxygens (including phenoxy) is 2. The van der Waals surface area contributed by atoms with E-state index in [1.807, 2.05) is 0 Å². The number of methoxy groups -OCH3 is 2. The van der Waals surface area contributed by atoms with E-state index in [1.54, 1.807) is 23.6 Å². The van der Waals surface area contributed by atoms with Crippen LogP contribution in [0, 0.1) is 0 Å². The van der Waals surface area contributed by atoms with E-state index in [-0.39, 0.29) is 4.21 Å². The minimum atomic E-state index is -3.70. The van der Waals surface area contributed by atoms with Crippen molar-refractivity contribution in [1.82, 2.24) is 0 Å². The standard InChI is InChI=1S/C13H12BrNO4S2/c1-18-11-7-10(14)6-9(13(11)19-2)8-15-21(16,17)12-4-3-5-20-12/h3-8H,1-2H3/b15-8-. The van der Waals surface area contributed by atoms with Gasteiger partial charge in [0.25, 0.3) is 10.0 Å². The average molecular weight is 390 g/mol. The molecule has 2 aromatic rings. The van der Waals surface area contributed by atoms with Crippen LogP contribution in [-0.4, -0.2) is 28.9 Å². The number of thiophene rings is 1. The summed E-state index contributed by atoms with van der Waals surface area (Å²) in [5, 5.41) is 1.69. The molecule has 0 radical (unpaired) electrons. The summed E-state index contributed by atoms with van der Waals surface area (Å²) in [5.41, 5.74) is 0.504. The van der Waals surface area contributed by atoms with Gasteiger partial charge in [-0.3, -0.25) is 0 Å². The lowest BCUT2D eigenvalue weighted by Crippen LogP contribution is -1.98. The van der Waals surface area contributed by atoms with Crippen molar-refractivity contribution in [3.05, 3.63) is 39.7 Å². The number of halogens is 1. The lowest BCUT2D eigenvalue weighted by Gasteiger charge is -2.10. The number of sulfonamides is 1. The summed E-state index contributed by atoms with van der Waals surface area (Å²) in [4.78, 5) is 0. The minimum Gasteiger partial charge on any atom is -0.493 e. The maximum atomic E-state index is 12.0. The molecule has 1 heterocycles. The third kappa shape index (κ3) is 3.63. The van der Waals surface area contributed by atoms with Gasteiger partial charge in [-0.15, -0.1) is 11.3 Å². The molecule has 0 saturated heterocycles. The molecule has 21 heavy (non-hydrogen) atoms. The molecule has 0 amide bonds. The molecule has 0 aliphatic rings. The van der Waals surface area contributed by atoms with Crippen LogP contribution in [0.4, 0.5) is 0 Å². The monoisotopic (exact) mass is 389 g/mol. The highest BCUT2D eigenvalue weighted by Crippen LogP contribution is 2.33. The molecule has 1 aromatic heterocycles. The smallest absolute Gasteiger partial charge is 0.291 e. The third-order valence-electron chi connectivity index (χ3n) is 2.55. The van der Waals surface area contributed by atoms with Crippen molar-refractivity contribution in [2.75, 3.05) is 14.2 Å². The number of hydrogen-bond acceptors (Lipinski definition) is 5. The Kier molecular flexibility index (Phi) is 5.02. The summed E-state index contributed by atoms with van der Waals surface area (Å²) in [5.74, 6) is 0.910. The van der Waals surface area contributed by atoms with Gasteiger partial charge in [0, 0.05) is 10.0 Å². The van der Waals surface area contributed by atoms with Gasteiger partial charge in [0.2, 0.25) is 0 Å². The van der Waals surface area contributed by atoms with Crippen molar-refractivity contribution in [2.45, 2.75) is 4.21 Å². The van der Waals surface area contributed by atoms with Crippen LogP contribution in [-0.2, 0) is 10.0 Å². The SMILES string of the molecule is COc1cc(Br)cc(/C=N\S(=O)(=O)c2cccs2)c1OC. The molecule has 5 nitrogen and oxygen atoms in total. The molecule has 0 saturated carbocycles. The predicted molar refractivity (Wildman–Crippen MR) is 86.3 cm³/mol. The lowest BCUT2D eigenvalue weighted by molar-refractivity contribution is 0.354. The summed E-state index contributed by atoms with van der Waals surface area (Å²) >= 11 is 4.45. The largest absolute Gasteiger partial charge is 0.493 e. The van der Waals surface area contributed by atoms with Gasteiger partial charge in [0.1, 0.15) is 4.21 Å². The molecule has 0 spiro atoms. The first-order valence-corrected chi connectivity index (χ1v) is 8.84.